The van der Waals surface area contributed by atoms with Crippen molar-refractivity contribution in [3.8, 4) is 0 Å². The first-order valence-corrected chi connectivity index (χ1v) is 8.11. The summed E-state index contributed by atoms with van der Waals surface area (Å²) in [5, 5.41) is 9.70. The molecule has 3 heteroatoms. The van der Waals surface area contributed by atoms with Crippen LogP contribution >= 0.6 is 15.9 Å². The van der Waals surface area contributed by atoms with Crippen molar-refractivity contribution in [2.75, 3.05) is 6.54 Å². The van der Waals surface area contributed by atoms with E-state index in [4.69, 9.17) is 0 Å². The SMILES string of the molecule is CC(O)CC1CCCCCN1Cc1ccccc1Br. The van der Waals surface area contributed by atoms with Gasteiger partial charge in [0.2, 0.25) is 0 Å². The molecule has 1 aromatic rings. The van der Waals surface area contributed by atoms with Crippen molar-refractivity contribution in [3.63, 3.8) is 0 Å². The Hall–Kier alpha value is -0.380. The van der Waals surface area contributed by atoms with Crippen LogP contribution in [0.5, 0.6) is 0 Å². The number of likely N-dealkylation sites (tertiary alicyclic amines) is 1. The van der Waals surface area contributed by atoms with Gasteiger partial charge in [0.15, 0.2) is 0 Å². The number of rotatable bonds is 4. The predicted octanol–water partition coefficient (Wildman–Crippen LogP) is 3.96. The van der Waals surface area contributed by atoms with Crippen molar-refractivity contribution < 1.29 is 5.11 Å². The van der Waals surface area contributed by atoms with Gasteiger partial charge in [0, 0.05) is 17.1 Å². The first-order chi connectivity index (χ1) is 9.16. The minimum absolute atomic E-state index is 0.204. The van der Waals surface area contributed by atoms with E-state index >= 15 is 0 Å². The molecule has 1 saturated heterocycles. The lowest BCUT2D eigenvalue weighted by Crippen LogP contribution is -2.36. The van der Waals surface area contributed by atoms with E-state index in [0.29, 0.717) is 6.04 Å². The van der Waals surface area contributed by atoms with E-state index in [9.17, 15) is 5.11 Å². The van der Waals surface area contributed by atoms with Crippen LogP contribution < -0.4 is 0 Å². The largest absolute Gasteiger partial charge is 0.393 e. The van der Waals surface area contributed by atoms with Crippen LogP contribution in [0.25, 0.3) is 0 Å². The molecular weight excluding hydrogens is 302 g/mol. The van der Waals surface area contributed by atoms with Crippen LogP contribution in [0.4, 0.5) is 0 Å². The Labute approximate surface area is 124 Å². The molecule has 0 amide bonds. The number of aliphatic hydroxyl groups is 1. The molecule has 1 N–H and O–H groups in total. The van der Waals surface area contributed by atoms with Crippen LogP contribution in [0.1, 0.15) is 44.6 Å². The van der Waals surface area contributed by atoms with Gasteiger partial charge in [-0.3, -0.25) is 4.90 Å². The average Bonchev–Trinajstić information content (AvgIpc) is 2.58. The third-order valence-corrected chi connectivity index (χ3v) is 4.72. The molecule has 0 saturated carbocycles. The van der Waals surface area contributed by atoms with E-state index < -0.39 is 0 Å². The first kappa shape index (κ1) is 15.0. The quantitative estimate of drug-likeness (QED) is 0.905. The zero-order chi connectivity index (χ0) is 13.7. The highest BCUT2D eigenvalue weighted by molar-refractivity contribution is 9.10. The number of aliphatic hydroxyl groups excluding tert-OH is 1. The van der Waals surface area contributed by atoms with E-state index in [2.05, 4.69) is 45.1 Å². The van der Waals surface area contributed by atoms with Gasteiger partial charge < -0.3 is 5.11 Å². The first-order valence-electron chi connectivity index (χ1n) is 7.32. The summed E-state index contributed by atoms with van der Waals surface area (Å²) in [6.07, 6.45) is 5.80. The molecule has 2 rings (SSSR count). The second kappa shape index (κ2) is 7.41. The zero-order valence-electron chi connectivity index (χ0n) is 11.7. The van der Waals surface area contributed by atoms with E-state index in [1.165, 1.54) is 35.7 Å². The molecule has 2 atom stereocenters. The summed E-state index contributed by atoms with van der Waals surface area (Å²) in [7, 11) is 0. The Kier molecular flexibility index (Phi) is 5.86. The fourth-order valence-corrected chi connectivity index (χ4v) is 3.36. The van der Waals surface area contributed by atoms with Gasteiger partial charge in [-0.15, -0.1) is 0 Å². The second-order valence-electron chi connectivity index (χ2n) is 5.65. The summed E-state index contributed by atoms with van der Waals surface area (Å²) >= 11 is 3.64. The summed E-state index contributed by atoms with van der Waals surface area (Å²) in [6.45, 7) is 4.04. The lowest BCUT2D eigenvalue weighted by molar-refractivity contribution is 0.108. The maximum atomic E-state index is 9.70. The van der Waals surface area contributed by atoms with Crippen LogP contribution in [-0.2, 0) is 6.54 Å². The summed E-state index contributed by atoms with van der Waals surface area (Å²) in [5.41, 5.74) is 1.35. The molecule has 19 heavy (non-hydrogen) atoms. The molecule has 0 aliphatic carbocycles. The van der Waals surface area contributed by atoms with Crippen LogP contribution in [0, 0.1) is 0 Å². The molecule has 0 bridgehead atoms. The van der Waals surface area contributed by atoms with Crippen LogP contribution in [0.3, 0.4) is 0 Å². The van der Waals surface area contributed by atoms with Crippen molar-refractivity contribution in [2.24, 2.45) is 0 Å². The summed E-state index contributed by atoms with van der Waals surface area (Å²) in [6, 6.07) is 8.98. The number of hydrogen-bond acceptors (Lipinski definition) is 2. The van der Waals surface area contributed by atoms with Crippen LogP contribution in [0.15, 0.2) is 28.7 Å². The Morgan fingerprint density at radius 2 is 2.11 bits per heavy atom. The Morgan fingerprint density at radius 3 is 2.84 bits per heavy atom. The Morgan fingerprint density at radius 1 is 1.32 bits per heavy atom. The van der Waals surface area contributed by atoms with Crippen molar-refractivity contribution in [3.05, 3.63) is 34.3 Å². The summed E-state index contributed by atoms with van der Waals surface area (Å²) < 4.78 is 1.19. The topological polar surface area (TPSA) is 23.5 Å². The molecule has 2 unspecified atom stereocenters. The third-order valence-electron chi connectivity index (χ3n) is 3.94. The fraction of sp³-hybridized carbons (Fsp3) is 0.625. The summed E-state index contributed by atoms with van der Waals surface area (Å²) in [4.78, 5) is 2.56. The highest BCUT2D eigenvalue weighted by Crippen LogP contribution is 2.25. The minimum atomic E-state index is -0.204. The average molecular weight is 326 g/mol. The molecule has 1 aromatic carbocycles. The predicted molar refractivity (Wildman–Crippen MR) is 83.1 cm³/mol. The zero-order valence-corrected chi connectivity index (χ0v) is 13.3. The summed E-state index contributed by atoms with van der Waals surface area (Å²) in [5.74, 6) is 0. The van der Waals surface area contributed by atoms with Gasteiger partial charge in [-0.25, -0.2) is 0 Å². The van der Waals surface area contributed by atoms with Gasteiger partial charge >= 0.3 is 0 Å². The highest BCUT2D eigenvalue weighted by atomic mass is 79.9. The lowest BCUT2D eigenvalue weighted by atomic mass is 10.0. The molecule has 2 nitrogen and oxygen atoms in total. The maximum Gasteiger partial charge on any atom is 0.0527 e. The molecule has 0 spiro atoms. The van der Waals surface area contributed by atoms with Gasteiger partial charge in [0.1, 0.15) is 0 Å². The standard InChI is InChI=1S/C16H24BrNO/c1-13(19)11-15-8-3-2-6-10-18(15)12-14-7-4-5-9-16(14)17/h4-5,7,9,13,15,19H,2-3,6,8,10-12H2,1H3. The minimum Gasteiger partial charge on any atom is -0.393 e. The van der Waals surface area contributed by atoms with Gasteiger partial charge in [-0.05, 0) is 44.4 Å². The van der Waals surface area contributed by atoms with E-state index in [-0.39, 0.29) is 6.10 Å². The molecule has 1 aliphatic heterocycles. The molecular formula is C16H24BrNO. The highest BCUT2D eigenvalue weighted by Gasteiger charge is 2.22. The van der Waals surface area contributed by atoms with Crippen molar-refractivity contribution >= 4 is 15.9 Å². The molecule has 1 fully saturated rings. The fourth-order valence-electron chi connectivity index (χ4n) is 2.95. The second-order valence-corrected chi connectivity index (χ2v) is 6.50. The van der Waals surface area contributed by atoms with Crippen LogP contribution in [0.2, 0.25) is 0 Å². The molecule has 0 aromatic heterocycles. The van der Waals surface area contributed by atoms with Crippen molar-refractivity contribution in [1.29, 1.82) is 0 Å². The van der Waals surface area contributed by atoms with E-state index in [1.54, 1.807) is 0 Å². The number of nitrogens with zero attached hydrogens (tertiary/aromatic N) is 1. The van der Waals surface area contributed by atoms with Crippen molar-refractivity contribution in [1.82, 2.24) is 4.90 Å². The Bertz CT molecular complexity index is 394. The molecule has 0 radical (unpaired) electrons. The smallest absolute Gasteiger partial charge is 0.0527 e. The lowest BCUT2D eigenvalue weighted by Gasteiger charge is -2.31. The number of halogens is 1. The third kappa shape index (κ3) is 4.59. The molecule has 1 heterocycles. The monoisotopic (exact) mass is 325 g/mol. The van der Waals surface area contributed by atoms with Crippen molar-refractivity contribution in [2.45, 2.75) is 57.7 Å². The van der Waals surface area contributed by atoms with Gasteiger partial charge in [0.25, 0.3) is 0 Å². The molecule has 106 valence electrons. The number of hydrogen-bond donors (Lipinski definition) is 1. The van der Waals surface area contributed by atoms with Gasteiger partial charge in [-0.2, -0.15) is 0 Å². The normalized spacial score (nSPS) is 23.0. The molecule has 1 aliphatic rings. The maximum absolute atomic E-state index is 9.70. The number of benzene rings is 1. The van der Waals surface area contributed by atoms with E-state index in [1.807, 2.05) is 6.92 Å². The van der Waals surface area contributed by atoms with E-state index in [0.717, 1.165) is 19.5 Å². The van der Waals surface area contributed by atoms with Gasteiger partial charge in [-0.1, -0.05) is 47.0 Å². The Balaban J connectivity index is 2.07. The van der Waals surface area contributed by atoms with Crippen LogP contribution in [-0.4, -0.2) is 28.7 Å². The van der Waals surface area contributed by atoms with Gasteiger partial charge in [0.05, 0.1) is 6.10 Å².